The van der Waals surface area contributed by atoms with Crippen LogP contribution in [0.2, 0.25) is 0 Å². The standard InChI is InChI=1S/C18H30FN5O/c19-7-8-20-18-21-10-15-12-24(25,11-14-4-1-2-5-14)13-16-6-3-9-23(16)17(15)22-18/h10,14,16,18,20-21H,1-9,11-13H2/t16?,18-,24?/m0/s1. The number of amidine groups is 1. The fourth-order valence-electron chi connectivity index (χ4n) is 5.02. The van der Waals surface area contributed by atoms with Crippen LogP contribution in [0.4, 0.5) is 4.39 Å². The van der Waals surface area contributed by atoms with Crippen molar-refractivity contribution in [1.29, 1.82) is 0 Å². The lowest BCUT2D eigenvalue weighted by atomic mass is 10.1. The highest BCUT2D eigenvalue weighted by Crippen LogP contribution is 2.33. The van der Waals surface area contributed by atoms with Crippen molar-refractivity contribution in [2.24, 2.45) is 10.9 Å². The zero-order valence-electron chi connectivity index (χ0n) is 14.9. The van der Waals surface area contributed by atoms with E-state index in [2.05, 4.69) is 15.5 Å². The lowest BCUT2D eigenvalue weighted by Gasteiger charge is -2.45. The van der Waals surface area contributed by atoms with Gasteiger partial charge in [0.25, 0.3) is 0 Å². The molecule has 1 aliphatic carbocycles. The number of alkyl halides is 1. The fourth-order valence-corrected chi connectivity index (χ4v) is 5.02. The molecule has 25 heavy (non-hydrogen) atoms. The first-order valence-electron chi connectivity index (χ1n) is 9.83. The van der Waals surface area contributed by atoms with Crippen LogP contribution in [0.5, 0.6) is 0 Å². The molecule has 4 rings (SSSR count). The van der Waals surface area contributed by atoms with Gasteiger partial charge in [0.05, 0.1) is 24.7 Å². The molecule has 2 saturated heterocycles. The lowest BCUT2D eigenvalue weighted by molar-refractivity contribution is -0.879. The molecule has 7 heteroatoms. The second-order valence-corrected chi connectivity index (χ2v) is 8.06. The third-order valence-electron chi connectivity index (χ3n) is 6.10. The molecule has 3 atom stereocenters. The maximum absolute atomic E-state index is 13.7. The van der Waals surface area contributed by atoms with Gasteiger partial charge in [-0.05, 0) is 25.7 Å². The molecule has 4 aliphatic rings. The van der Waals surface area contributed by atoms with Gasteiger partial charge in [0, 0.05) is 25.2 Å². The number of aliphatic imine (C=N–C) groups is 1. The molecule has 2 N–H and O–H groups in total. The van der Waals surface area contributed by atoms with Crippen LogP contribution in [0.25, 0.3) is 0 Å². The summed E-state index contributed by atoms with van der Waals surface area (Å²) in [6, 6.07) is 0.295. The van der Waals surface area contributed by atoms with Crippen LogP contribution >= 0.6 is 0 Å². The summed E-state index contributed by atoms with van der Waals surface area (Å²) < 4.78 is 12.3. The number of rotatable bonds is 5. The fraction of sp³-hybridized carbons (Fsp3) is 0.833. The molecule has 0 bridgehead atoms. The minimum Gasteiger partial charge on any atom is -0.632 e. The number of nitrogens with one attached hydrogen (secondary N) is 2. The number of hydrogen-bond acceptors (Lipinski definition) is 5. The van der Waals surface area contributed by atoms with Crippen molar-refractivity contribution >= 4 is 5.84 Å². The first-order chi connectivity index (χ1) is 12.2. The average molecular weight is 351 g/mol. The van der Waals surface area contributed by atoms with Crippen molar-refractivity contribution in [3.8, 4) is 0 Å². The van der Waals surface area contributed by atoms with Crippen molar-refractivity contribution in [2.75, 3.05) is 39.4 Å². The van der Waals surface area contributed by atoms with Crippen molar-refractivity contribution in [3.05, 3.63) is 17.0 Å². The quantitative estimate of drug-likeness (QED) is 0.585. The van der Waals surface area contributed by atoms with Gasteiger partial charge in [-0.15, -0.1) is 0 Å². The number of halogens is 1. The van der Waals surface area contributed by atoms with E-state index in [1.165, 1.54) is 25.7 Å². The number of hydroxylamine groups is 3. The second-order valence-electron chi connectivity index (χ2n) is 8.06. The molecule has 1 saturated carbocycles. The molecule has 140 valence electrons. The van der Waals surface area contributed by atoms with Gasteiger partial charge >= 0.3 is 0 Å². The smallest absolute Gasteiger partial charge is 0.175 e. The summed E-state index contributed by atoms with van der Waals surface area (Å²) in [4.78, 5) is 7.11. The largest absolute Gasteiger partial charge is 0.632 e. The predicted molar refractivity (Wildman–Crippen MR) is 96.3 cm³/mol. The molecule has 0 radical (unpaired) electrons. The molecule has 0 aromatic heterocycles. The SMILES string of the molecule is [O-][N+]1(CC2CCCC2)CC2=CN[C@H](NCCF)N=C2N2CCCC2C1. The number of quaternary nitrogens is 1. The van der Waals surface area contributed by atoms with Crippen LogP contribution in [0.3, 0.4) is 0 Å². The third kappa shape index (κ3) is 3.68. The lowest BCUT2D eigenvalue weighted by Crippen LogP contribution is -2.50. The van der Waals surface area contributed by atoms with Gasteiger partial charge in [-0.3, -0.25) is 5.32 Å². The van der Waals surface area contributed by atoms with Gasteiger partial charge in [-0.25, -0.2) is 9.38 Å². The van der Waals surface area contributed by atoms with Crippen LogP contribution in [0, 0.1) is 11.1 Å². The molecule has 2 unspecified atom stereocenters. The zero-order chi connectivity index (χ0) is 17.3. The van der Waals surface area contributed by atoms with Crippen molar-refractivity contribution < 1.29 is 9.04 Å². The monoisotopic (exact) mass is 351 g/mol. The molecule has 3 aliphatic heterocycles. The molecule has 0 aromatic carbocycles. The molecular weight excluding hydrogens is 321 g/mol. The van der Waals surface area contributed by atoms with Crippen LogP contribution in [-0.4, -0.2) is 67.1 Å². The molecule has 3 fully saturated rings. The van der Waals surface area contributed by atoms with Crippen molar-refractivity contribution in [2.45, 2.75) is 50.9 Å². The number of hydrogen-bond donors (Lipinski definition) is 2. The Bertz CT molecular complexity index is 548. The Hall–Kier alpha value is -1.18. The Labute approximate surface area is 149 Å². The summed E-state index contributed by atoms with van der Waals surface area (Å²) in [5.74, 6) is 1.54. The summed E-state index contributed by atoms with van der Waals surface area (Å²) in [6.45, 7) is 2.78. The summed E-state index contributed by atoms with van der Waals surface area (Å²) in [7, 11) is 0. The second kappa shape index (κ2) is 7.21. The Morgan fingerprint density at radius 2 is 2.16 bits per heavy atom. The highest BCUT2D eigenvalue weighted by Gasteiger charge is 2.41. The maximum atomic E-state index is 13.7. The molecule has 0 amide bonds. The Kier molecular flexibility index (Phi) is 4.97. The van der Waals surface area contributed by atoms with Gasteiger partial charge in [-0.2, -0.15) is 0 Å². The minimum absolute atomic E-state index is 0.110. The normalized spacial score (nSPS) is 35.5. The van der Waals surface area contributed by atoms with Gasteiger partial charge in [0.2, 0.25) is 0 Å². The first-order valence-corrected chi connectivity index (χ1v) is 9.83. The molecule has 0 spiro atoms. The van der Waals surface area contributed by atoms with Gasteiger partial charge in [0.15, 0.2) is 6.29 Å². The van der Waals surface area contributed by atoms with Gasteiger partial charge in [-0.1, -0.05) is 12.8 Å². The molecule has 6 nitrogen and oxygen atoms in total. The van der Waals surface area contributed by atoms with E-state index in [0.29, 0.717) is 25.0 Å². The average Bonchev–Trinajstić information content (AvgIpc) is 3.23. The first kappa shape index (κ1) is 17.2. The highest BCUT2D eigenvalue weighted by molar-refractivity contribution is 5.99. The van der Waals surface area contributed by atoms with Gasteiger partial charge < -0.3 is 20.1 Å². The Morgan fingerprint density at radius 1 is 1.32 bits per heavy atom. The van der Waals surface area contributed by atoms with E-state index in [1.54, 1.807) is 0 Å². The van der Waals surface area contributed by atoms with Crippen molar-refractivity contribution in [1.82, 2.24) is 15.5 Å². The van der Waals surface area contributed by atoms with Crippen LogP contribution in [0.1, 0.15) is 38.5 Å². The molecular formula is C18H30FN5O. The van der Waals surface area contributed by atoms with E-state index < -0.39 is 6.67 Å². The summed E-state index contributed by atoms with van der Waals surface area (Å²) in [5, 5.41) is 19.9. The van der Waals surface area contributed by atoms with E-state index in [1.807, 2.05) is 6.20 Å². The van der Waals surface area contributed by atoms with E-state index in [9.17, 15) is 9.60 Å². The van der Waals surface area contributed by atoms with Crippen molar-refractivity contribution in [3.63, 3.8) is 0 Å². The zero-order valence-corrected chi connectivity index (χ0v) is 14.9. The van der Waals surface area contributed by atoms with Crippen LogP contribution in [-0.2, 0) is 0 Å². The number of fused-ring (bicyclic) bond motifs is 3. The maximum Gasteiger partial charge on any atom is 0.175 e. The van der Waals surface area contributed by atoms with E-state index in [-0.39, 0.29) is 17.5 Å². The Balaban J connectivity index is 1.55. The highest BCUT2D eigenvalue weighted by atomic mass is 19.1. The topological polar surface area (TPSA) is 62.7 Å². The molecule has 3 heterocycles. The van der Waals surface area contributed by atoms with Gasteiger partial charge in [0.1, 0.15) is 19.1 Å². The summed E-state index contributed by atoms with van der Waals surface area (Å²) in [5.41, 5.74) is 1.02. The van der Waals surface area contributed by atoms with Crippen LogP contribution in [0.15, 0.2) is 16.8 Å². The van der Waals surface area contributed by atoms with Crippen LogP contribution < -0.4 is 10.6 Å². The predicted octanol–water partition coefficient (Wildman–Crippen LogP) is 1.70. The Morgan fingerprint density at radius 3 is 2.96 bits per heavy atom. The third-order valence-corrected chi connectivity index (χ3v) is 6.10. The van der Waals surface area contributed by atoms with E-state index in [0.717, 1.165) is 37.3 Å². The minimum atomic E-state index is -0.409. The van der Waals surface area contributed by atoms with E-state index >= 15 is 0 Å². The molecule has 0 aromatic rings. The van der Waals surface area contributed by atoms with E-state index in [4.69, 9.17) is 4.99 Å². The summed E-state index contributed by atoms with van der Waals surface area (Å²) in [6.07, 6.45) is 8.83. The number of nitrogens with zero attached hydrogens (tertiary/aromatic N) is 3. The summed E-state index contributed by atoms with van der Waals surface area (Å²) >= 11 is 0.